The molecule has 0 spiro atoms. The smallest absolute Gasteiger partial charge is 0.253 e. The van der Waals surface area contributed by atoms with Crippen molar-refractivity contribution in [2.75, 3.05) is 24.7 Å². The maximum atomic E-state index is 11.9. The first-order chi connectivity index (χ1) is 8.22. The number of amides is 1. The van der Waals surface area contributed by atoms with Gasteiger partial charge in [0, 0.05) is 17.3 Å². The molecule has 1 heterocycles. The second-order valence-electron chi connectivity index (χ2n) is 3.92. The average molecular weight is 256 g/mol. The van der Waals surface area contributed by atoms with E-state index in [2.05, 4.69) is 0 Å². The normalized spacial score (nSPS) is 20.7. The average Bonchev–Trinajstić information content (AvgIpc) is 2.32. The number of aliphatic hydroxyl groups is 1. The third kappa shape index (κ3) is 2.77. The molecule has 92 valence electrons. The van der Waals surface area contributed by atoms with Gasteiger partial charge in [0.05, 0.1) is 12.6 Å². The van der Waals surface area contributed by atoms with Crippen LogP contribution in [-0.2, 0) is 9.53 Å². The molecule has 0 aliphatic carbocycles. The summed E-state index contributed by atoms with van der Waals surface area (Å²) in [7, 11) is 0. The molecule has 1 aromatic rings. The highest BCUT2D eigenvalue weighted by Crippen LogP contribution is 2.23. The van der Waals surface area contributed by atoms with E-state index in [9.17, 15) is 4.79 Å². The molecular weight excluding hydrogens is 242 g/mol. The van der Waals surface area contributed by atoms with Gasteiger partial charge >= 0.3 is 0 Å². The van der Waals surface area contributed by atoms with Crippen LogP contribution in [0.1, 0.15) is 6.42 Å². The van der Waals surface area contributed by atoms with Crippen molar-refractivity contribution < 1.29 is 14.6 Å². The Hall–Kier alpha value is -1.10. The lowest BCUT2D eigenvalue weighted by Gasteiger charge is -2.35. The van der Waals surface area contributed by atoms with Crippen molar-refractivity contribution in [3.05, 3.63) is 29.3 Å². The molecule has 4 nitrogen and oxygen atoms in total. The van der Waals surface area contributed by atoms with Crippen molar-refractivity contribution in [2.45, 2.75) is 12.5 Å². The number of rotatable bonds is 3. The maximum Gasteiger partial charge on any atom is 0.253 e. The lowest BCUT2D eigenvalue weighted by molar-refractivity contribution is -0.127. The van der Waals surface area contributed by atoms with Gasteiger partial charge in [0.15, 0.2) is 0 Å². The van der Waals surface area contributed by atoms with Crippen LogP contribution in [0.25, 0.3) is 0 Å². The maximum absolute atomic E-state index is 11.9. The standard InChI is InChI=1S/C12H14ClNO3/c13-9-1-3-10(4-2-9)14-11(5-6-15)7-17-8-12(14)16/h1-4,11,15H,5-8H2. The monoisotopic (exact) mass is 255 g/mol. The number of hydrogen-bond donors (Lipinski definition) is 1. The summed E-state index contributed by atoms with van der Waals surface area (Å²) in [4.78, 5) is 13.5. The van der Waals surface area contributed by atoms with E-state index in [1.54, 1.807) is 29.2 Å². The summed E-state index contributed by atoms with van der Waals surface area (Å²) in [5, 5.41) is 9.63. The number of carbonyl (C=O) groups excluding carboxylic acids is 1. The van der Waals surface area contributed by atoms with E-state index < -0.39 is 0 Å². The molecule has 0 bridgehead atoms. The Balaban J connectivity index is 2.24. The van der Waals surface area contributed by atoms with Gasteiger partial charge in [-0.1, -0.05) is 11.6 Å². The molecule has 5 heteroatoms. The van der Waals surface area contributed by atoms with Crippen LogP contribution < -0.4 is 4.90 Å². The van der Waals surface area contributed by atoms with Gasteiger partial charge in [0.25, 0.3) is 5.91 Å². The van der Waals surface area contributed by atoms with Gasteiger partial charge in [-0.05, 0) is 30.7 Å². The van der Waals surface area contributed by atoms with E-state index in [0.29, 0.717) is 18.1 Å². The van der Waals surface area contributed by atoms with Gasteiger partial charge in [-0.3, -0.25) is 4.79 Å². The first-order valence-electron chi connectivity index (χ1n) is 5.48. The Morgan fingerprint density at radius 2 is 2.12 bits per heavy atom. The molecule has 0 aromatic heterocycles. The highest BCUT2D eigenvalue weighted by molar-refractivity contribution is 6.30. The molecule has 2 rings (SSSR count). The number of anilines is 1. The van der Waals surface area contributed by atoms with Gasteiger partial charge in [0.1, 0.15) is 6.61 Å². The zero-order valence-electron chi connectivity index (χ0n) is 9.30. The van der Waals surface area contributed by atoms with Crippen molar-refractivity contribution in [2.24, 2.45) is 0 Å². The van der Waals surface area contributed by atoms with Crippen LogP contribution in [0.2, 0.25) is 5.02 Å². The third-order valence-corrected chi connectivity index (χ3v) is 2.99. The first kappa shape index (κ1) is 12.4. The van der Waals surface area contributed by atoms with E-state index in [4.69, 9.17) is 21.4 Å². The van der Waals surface area contributed by atoms with Crippen LogP contribution in [-0.4, -0.2) is 36.9 Å². The lowest BCUT2D eigenvalue weighted by Crippen LogP contribution is -2.50. The largest absolute Gasteiger partial charge is 0.396 e. The quantitative estimate of drug-likeness (QED) is 0.890. The highest BCUT2D eigenvalue weighted by Gasteiger charge is 2.29. The molecular formula is C12H14ClNO3. The van der Waals surface area contributed by atoms with Crippen molar-refractivity contribution in [3.63, 3.8) is 0 Å². The molecule has 0 saturated carbocycles. The molecule has 1 aliphatic rings. The highest BCUT2D eigenvalue weighted by atomic mass is 35.5. The number of aliphatic hydroxyl groups excluding tert-OH is 1. The van der Waals surface area contributed by atoms with Crippen LogP contribution in [0.3, 0.4) is 0 Å². The fraction of sp³-hybridized carbons (Fsp3) is 0.417. The summed E-state index contributed by atoms with van der Waals surface area (Å²) in [6.45, 7) is 0.574. The lowest BCUT2D eigenvalue weighted by atomic mass is 10.1. The Morgan fingerprint density at radius 3 is 2.76 bits per heavy atom. The fourth-order valence-electron chi connectivity index (χ4n) is 1.95. The SMILES string of the molecule is O=C1COCC(CCO)N1c1ccc(Cl)cc1. The third-order valence-electron chi connectivity index (χ3n) is 2.74. The summed E-state index contributed by atoms with van der Waals surface area (Å²) >= 11 is 5.82. The first-order valence-corrected chi connectivity index (χ1v) is 5.86. The Bertz CT molecular complexity index is 391. The number of halogens is 1. The summed E-state index contributed by atoms with van der Waals surface area (Å²) in [6.07, 6.45) is 0.508. The van der Waals surface area contributed by atoms with Crippen LogP contribution in [0.5, 0.6) is 0 Å². The second-order valence-corrected chi connectivity index (χ2v) is 4.36. The van der Waals surface area contributed by atoms with Crippen LogP contribution in [0.4, 0.5) is 5.69 Å². The number of hydrogen-bond acceptors (Lipinski definition) is 3. The van der Waals surface area contributed by atoms with E-state index in [-0.39, 0.29) is 25.2 Å². The summed E-state index contributed by atoms with van der Waals surface area (Å²) in [6, 6.07) is 6.99. The molecule has 1 fully saturated rings. The number of ether oxygens (including phenoxy) is 1. The topological polar surface area (TPSA) is 49.8 Å². The minimum atomic E-state index is -0.109. The fourth-order valence-corrected chi connectivity index (χ4v) is 2.07. The zero-order valence-corrected chi connectivity index (χ0v) is 10.1. The number of morpholine rings is 1. The number of benzene rings is 1. The molecule has 1 amide bonds. The summed E-state index contributed by atoms with van der Waals surface area (Å²) in [5.74, 6) is -0.0861. The molecule has 1 saturated heterocycles. The van der Waals surface area contributed by atoms with Crippen LogP contribution >= 0.6 is 11.6 Å². The van der Waals surface area contributed by atoms with Crippen LogP contribution in [0.15, 0.2) is 24.3 Å². The molecule has 1 aromatic carbocycles. The number of carbonyl (C=O) groups is 1. The molecule has 1 N–H and O–H groups in total. The van der Waals surface area contributed by atoms with Crippen molar-refractivity contribution in [1.82, 2.24) is 0 Å². The summed E-state index contributed by atoms with van der Waals surface area (Å²) < 4.78 is 5.19. The van der Waals surface area contributed by atoms with Gasteiger partial charge in [-0.2, -0.15) is 0 Å². The molecule has 1 atom stereocenters. The predicted octanol–water partition coefficient (Wildman–Crippen LogP) is 1.45. The van der Waals surface area contributed by atoms with Crippen LogP contribution in [0, 0.1) is 0 Å². The predicted molar refractivity (Wildman–Crippen MR) is 65.2 cm³/mol. The number of nitrogens with zero attached hydrogens (tertiary/aromatic N) is 1. The van der Waals surface area contributed by atoms with Crippen molar-refractivity contribution in [3.8, 4) is 0 Å². The van der Waals surface area contributed by atoms with E-state index in [1.165, 1.54) is 0 Å². The Kier molecular flexibility index (Phi) is 3.99. The Labute approximate surface area is 105 Å². The van der Waals surface area contributed by atoms with E-state index in [1.807, 2.05) is 0 Å². The van der Waals surface area contributed by atoms with Gasteiger partial charge in [0.2, 0.25) is 0 Å². The minimum Gasteiger partial charge on any atom is -0.396 e. The molecule has 17 heavy (non-hydrogen) atoms. The van der Waals surface area contributed by atoms with Crippen molar-refractivity contribution in [1.29, 1.82) is 0 Å². The second kappa shape index (κ2) is 5.49. The van der Waals surface area contributed by atoms with E-state index >= 15 is 0 Å². The van der Waals surface area contributed by atoms with Gasteiger partial charge in [-0.25, -0.2) is 0 Å². The Morgan fingerprint density at radius 1 is 1.41 bits per heavy atom. The summed E-state index contributed by atoms with van der Waals surface area (Å²) in [5.41, 5.74) is 0.793. The minimum absolute atomic E-state index is 0.0331. The molecule has 1 unspecified atom stereocenters. The zero-order chi connectivity index (χ0) is 12.3. The molecule has 0 radical (unpaired) electrons. The van der Waals surface area contributed by atoms with Crippen molar-refractivity contribution >= 4 is 23.2 Å². The molecule has 1 aliphatic heterocycles. The van der Waals surface area contributed by atoms with E-state index in [0.717, 1.165) is 5.69 Å². The van der Waals surface area contributed by atoms with Gasteiger partial charge < -0.3 is 14.7 Å². The van der Waals surface area contributed by atoms with Gasteiger partial charge in [-0.15, -0.1) is 0 Å².